The molecule has 0 bridgehead atoms. The smallest absolute Gasteiger partial charge is 0.125 e. The molecule has 1 heteroatoms. The second-order valence-electron chi connectivity index (χ2n) is 6.62. The molecule has 0 amide bonds. The van der Waals surface area contributed by atoms with E-state index in [4.69, 9.17) is 0 Å². The molecule has 0 radical (unpaired) electrons. The molecule has 17 heavy (non-hydrogen) atoms. The minimum absolute atomic E-state index is 0.124. The van der Waals surface area contributed by atoms with E-state index in [0.29, 0.717) is 5.41 Å². The van der Waals surface area contributed by atoms with Crippen molar-refractivity contribution in [1.82, 2.24) is 0 Å². The van der Waals surface area contributed by atoms with Crippen LogP contribution < -0.4 is 0 Å². The first-order valence-corrected chi connectivity index (χ1v) is 7.00. The van der Waals surface area contributed by atoms with E-state index in [9.17, 15) is 4.79 Å². The highest BCUT2D eigenvalue weighted by Gasteiger charge is 2.30. The Kier molecular flexibility index (Phi) is 4.57. The molecule has 0 aromatic heterocycles. The van der Waals surface area contributed by atoms with Crippen molar-refractivity contribution >= 4 is 6.29 Å². The van der Waals surface area contributed by atoms with Crippen LogP contribution in [0, 0.1) is 10.8 Å². The highest BCUT2D eigenvalue weighted by molar-refractivity contribution is 5.58. The van der Waals surface area contributed by atoms with Crippen LogP contribution in [0.1, 0.15) is 73.1 Å². The van der Waals surface area contributed by atoms with Gasteiger partial charge < -0.3 is 4.79 Å². The van der Waals surface area contributed by atoms with Gasteiger partial charge in [-0.3, -0.25) is 0 Å². The lowest BCUT2D eigenvalue weighted by atomic mass is 9.69. The van der Waals surface area contributed by atoms with E-state index >= 15 is 0 Å². The topological polar surface area (TPSA) is 17.1 Å². The summed E-state index contributed by atoms with van der Waals surface area (Å²) in [6.07, 6.45) is 8.07. The van der Waals surface area contributed by atoms with Gasteiger partial charge in [-0.2, -0.15) is 0 Å². The fourth-order valence-corrected chi connectivity index (χ4v) is 2.96. The molecular formula is C16H28O. The Morgan fingerprint density at radius 3 is 2.53 bits per heavy atom. The van der Waals surface area contributed by atoms with Crippen molar-refractivity contribution < 1.29 is 4.79 Å². The Labute approximate surface area is 107 Å². The highest BCUT2D eigenvalue weighted by Crippen LogP contribution is 2.43. The summed E-state index contributed by atoms with van der Waals surface area (Å²) in [5, 5.41) is 0. The third-order valence-electron chi connectivity index (χ3n) is 4.72. The minimum atomic E-state index is -0.124. The summed E-state index contributed by atoms with van der Waals surface area (Å²) >= 11 is 0. The molecule has 0 saturated heterocycles. The van der Waals surface area contributed by atoms with Gasteiger partial charge in [0.1, 0.15) is 6.29 Å². The van der Waals surface area contributed by atoms with E-state index in [1.54, 1.807) is 11.1 Å². The van der Waals surface area contributed by atoms with Crippen LogP contribution in [0.25, 0.3) is 0 Å². The van der Waals surface area contributed by atoms with E-state index < -0.39 is 0 Å². The average Bonchev–Trinajstić information content (AvgIpc) is 2.27. The number of hydrogen-bond donors (Lipinski definition) is 0. The second-order valence-corrected chi connectivity index (χ2v) is 6.62. The van der Waals surface area contributed by atoms with Crippen LogP contribution in [0.3, 0.4) is 0 Å². The molecular weight excluding hydrogens is 208 g/mol. The number of rotatable bonds is 5. The molecule has 0 fully saturated rings. The summed E-state index contributed by atoms with van der Waals surface area (Å²) in [5.41, 5.74) is 3.41. The van der Waals surface area contributed by atoms with Gasteiger partial charge in [0.2, 0.25) is 0 Å². The third kappa shape index (κ3) is 3.43. The van der Waals surface area contributed by atoms with Crippen LogP contribution in [-0.2, 0) is 4.79 Å². The minimum Gasteiger partial charge on any atom is -0.303 e. The van der Waals surface area contributed by atoms with E-state index in [1.165, 1.54) is 19.3 Å². The standard InChI is InChI=1S/C16H28O/c1-6-16(5,12-17)11-9-14-13(2)8-7-10-15(14,3)4/h12H,6-11H2,1-5H3. The number of aldehydes is 1. The van der Waals surface area contributed by atoms with Crippen molar-refractivity contribution in [2.75, 3.05) is 0 Å². The van der Waals surface area contributed by atoms with Gasteiger partial charge in [-0.1, -0.05) is 38.8 Å². The molecule has 0 heterocycles. The first-order chi connectivity index (χ1) is 7.84. The maximum atomic E-state index is 11.2. The summed E-state index contributed by atoms with van der Waals surface area (Å²) in [7, 11) is 0. The lowest BCUT2D eigenvalue weighted by Crippen LogP contribution is -2.23. The van der Waals surface area contributed by atoms with Crippen LogP contribution in [-0.4, -0.2) is 6.29 Å². The molecule has 1 aliphatic rings. The highest BCUT2D eigenvalue weighted by atomic mass is 16.1. The fourth-order valence-electron chi connectivity index (χ4n) is 2.96. The fraction of sp³-hybridized carbons (Fsp3) is 0.812. The zero-order valence-corrected chi connectivity index (χ0v) is 12.2. The Morgan fingerprint density at radius 2 is 2.06 bits per heavy atom. The molecule has 0 spiro atoms. The van der Waals surface area contributed by atoms with Gasteiger partial charge in [0.25, 0.3) is 0 Å². The van der Waals surface area contributed by atoms with Crippen molar-refractivity contribution in [2.45, 2.75) is 73.1 Å². The van der Waals surface area contributed by atoms with Crippen molar-refractivity contribution in [3.63, 3.8) is 0 Å². The number of hydrogen-bond acceptors (Lipinski definition) is 1. The predicted octanol–water partition coefficient (Wildman–Crippen LogP) is 4.91. The first kappa shape index (κ1) is 14.5. The van der Waals surface area contributed by atoms with Crippen LogP contribution in [0.2, 0.25) is 0 Å². The zero-order chi connectivity index (χ0) is 13.1. The SMILES string of the molecule is CCC(C)(C=O)CCC1=C(C)CCCC1(C)C. The van der Waals surface area contributed by atoms with Gasteiger partial charge in [0.15, 0.2) is 0 Å². The maximum Gasteiger partial charge on any atom is 0.125 e. The number of allylic oxidation sites excluding steroid dienone is 2. The Hall–Kier alpha value is -0.590. The van der Waals surface area contributed by atoms with Gasteiger partial charge in [0, 0.05) is 5.41 Å². The summed E-state index contributed by atoms with van der Waals surface area (Å²) < 4.78 is 0. The molecule has 0 aromatic carbocycles. The summed E-state index contributed by atoms with van der Waals surface area (Å²) in [5.74, 6) is 0. The van der Waals surface area contributed by atoms with Gasteiger partial charge in [-0.05, 0) is 50.9 Å². The molecule has 0 N–H and O–H groups in total. The van der Waals surface area contributed by atoms with Crippen molar-refractivity contribution in [1.29, 1.82) is 0 Å². The van der Waals surface area contributed by atoms with Gasteiger partial charge in [0.05, 0.1) is 0 Å². The quantitative estimate of drug-likeness (QED) is 0.489. The Bertz CT molecular complexity index is 311. The monoisotopic (exact) mass is 236 g/mol. The van der Waals surface area contributed by atoms with E-state index in [2.05, 4.69) is 34.6 Å². The van der Waals surface area contributed by atoms with Crippen molar-refractivity contribution in [3.05, 3.63) is 11.1 Å². The third-order valence-corrected chi connectivity index (χ3v) is 4.72. The van der Waals surface area contributed by atoms with E-state index in [0.717, 1.165) is 25.5 Å². The van der Waals surface area contributed by atoms with E-state index in [1.807, 2.05) is 0 Å². The van der Waals surface area contributed by atoms with Gasteiger partial charge in [-0.15, -0.1) is 0 Å². The summed E-state index contributed by atoms with van der Waals surface area (Å²) in [6, 6.07) is 0. The Balaban J connectivity index is 2.76. The average molecular weight is 236 g/mol. The summed E-state index contributed by atoms with van der Waals surface area (Å²) in [6.45, 7) is 11.2. The molecule has 0 aromatic rings. The number of carbonyl (C=O) groups is 1. The molecule has 1 aliphatic carbocycles. The molecule has 1 unspecified atom stereocenters. The zero-order valence-electron chi connectivity index (χ0n) is 12.2. The van der Waals surface area contributed by atoms with Crippen molar-refractivity contribution in [2.24, 2.45) is 10.8 Å². The second kappa shape index (κ2) is 5.37. The lowest BCUT2D eigenvalue weighted by Gasteiger charge is -2.36. The van der Waals surface area contributed by atoms with E-state index in [-0.39, 0.29) is 5.41 Å². The largest absolute Gasteiger partial charge is 0.303 e. The molecule has 0 aliphatic heterocycles. The molecule has 1 nitrogen and oxygen atoms in total. The lowest BCUT2D eigenvalue weighted by molar-refractivity contribution is -0.115. The Morgan fingerprint density at radius 1 is 1.41 bits per heavy atom. The number of carbonyl (C=O) groups excluding carboxylic acids is 1. The maximum absolute atomic E-state index is 11.2. The molecule has 1 atom stereocenters. The predicted molar refractivity (Wildman–Crippen MR) is 74.0 cm³/mol. The molecule has 1 rings (SSSR count). The van der Waals surface area contributed by atoms with Crippen LogP contribution in [0.15, 0.2) is 11.1 Å². The molecule has 0 saturated carbocycles. The molecule has 98 valence electrons. The van der Waals surface area contributed by atoms with Gasteiger partial charge >= 0.3 is 0 Å². The van der Waals surface area contributed by atoms with Crippen LogP contribution in [0.5, 0.6) is 0 Å². The normalized spacial score (nSPS) is 23.4. The van der Waals surface area contributed by atoms with Crippen molar-refractivity contribution in [3.8, 4) is 0 Å². The summed E-state index contributed by atoms with van der Waals surface area (Å²) in [4.78, 5) is 11.2. The first-order valence-electron chi connectivity index (χ1n) is 7.00. The van der Waals surface area contributed by atoms with Crippen LogP contribution >= 0.6 is 0 Å². The van der Waals surface area contributed by atoms with Crippen LogP contribution in [0.4, 0.5) is 0 Å². The van der Waals surface area contributed by atoms with Gasteiger partial charge in [-0.25, -0.2) is 0 Å².